The second-order valence-electron chi connectivity index (χ2n) is 5.56. The van der Waals surface area contributed by atoms with Crippen LogP contribution >= 0.6 is 27.7 Å². The number of hydrogen-bond donors (Lipinski definition) is 2. The molecule has 0 spiro atoms. The molecule has 0 atom stereocenters. The van der Waals surface area contributed by atoms with Crippen LogP contribution in [0.2, 0.25) is 0 Å². The number of thioether (sulfide) groups is 1. The molecule has 0 radical (unpaired) electrons. The van der Waals surface area contributed by atoms with Crippen LogP contribution in [0, 0.1) is 0 Å². The Kier molecular flexibility index (Phi) is 6.00. The highest BCUT2D eigenvalue weighted by Gasteiger charge is 2.13. The fourth-order valence-corrected chi connectivity index (χ4v) is 3.61. The molecule has 3 aromatic rings. The van der Waals surface area contributed by atoms with Crippen LogP contribution in [0.1, 0.15) is 6.92 Å². The molecule has 5 nitrogen and oxygen atoms in total. The van der Waals surface area contributed by atoms with E-state index in [0.29, 0.717) is 5.69 Å². The second kappa shape index (κ2) is 8.42. The Balaban J connectivity index is 1.67. The minimum absolute atomic E-state index is 0.114. The van der Waals surface area contributed by atoms with Gasteiger partial charge in [-0.3, -0.25) is 4.79 Å². The lowest BCUT2D eigenvalue weighted by Crippen LogP contribution is -2.14. The summed E-state index contributed by atoms with van der Waals surface area (Å²) in [5.74, 6) is 0.317. The van der Waals surface area contributed by atoms with Crippen LogP contribution in [-0.4, -0.2) is 26.3 Å². The number of imidazole rings is 1. The van der Waals surface area contributed by atoms with Gasteiger partial charge in [0.05, 0.1) is 17.6 Å². The number of amides is 1. The number of rotatable bonds is 6. The van der Waals surface area contributed by atoms with Crippen LogP contribution in [0.25, 0.3) is 11.3 Å². The fraction of sp³-hybridized carbons (Fsp3) is 0.158. The van der Waals surface area contributed by atoms with Gasteiger partial charge in [0.1, 0.15) is 5.75 Å². The van der Waals surface area contributed by atoms with E-state index in [9.17, 15) is 9.90 Å². The summed E-state index contributed by atoms with van der Waals surface area (Å²) in [4.78, 5) is 16.6. The van der Waals surface area contributed by atoms with Gasteiger partial charge >= 0.3 is 0 Å². The van der Waals surface area contributed by atoms with Gasteiger partial charge in [-0.05, 0) is 48.9 Å². The highest BCUT2D eigenvalue weighted by molar-refractivity contribution is 9.10. The van der Waals surface area contributed by atoms with E-state index in [-0.39, 0.29) is 17.4 Å². The van der Waals surface area contributed by atoms with Gasteiger partial charge in [0.15, 0.2) is 5.16 Å². The molecule has 0 saturated carbocycles. The van der Waals surface area contributed by atoms with E-state index in [1.54, 1.807) is 12.1 Å². The van der Waals surface area contributed by atoms with Crippen molar-refractivity contribution in [2.24, 2.45) is 0 Å². The molecular formula is C19H18BrN3O2S. The summed E-state index contributed by atoms with van der Waals surface area (Å²) in [5, 5.41) is 12.9. The Bertz CT molecular complexity index is 892. The minimum atomic E-state index is -0.114. The van der Waals surface area contributed by atoms with Gasteiger partial charge in [-0.15, -0.1) is 0 Å². The van der Waals surface area contributed by atoms with Crippen LogP contribution in [-0.2, 0) is 11.3 Å². The summed E-state index contributed by atoms with van der Waals surface area (Å²) in [6, 6.07) is 14.5. The van der Waals surface area contributed by atoms with E-state index in [4.69, 9.17) is 0 Å². The summed E-state index contributed by atoms with van der Waals surface area (Å²) >= 11 is 4.85. The molecule has 0 bridgehead atoms. The zero-order chi connectivity index (χ0) is 18.5. The summed E-state index contributed by atoms with van der Waals surface area (Å²) in [5.41, 5.74) is 2.77. The third kappa shape index (κ3) is 4.47. The molecule has 0 aliphatic carbocycles. The summed E-state index contributed by atoms with van der Waals surface area (Å²) < 4.78 is 3.13. The van der Waals surface area contributed by atoms with Gasteiger partial charge in [0.25, 0.3) is 0 Å². The van der Waals surface area contributed by atoms with E-state index in [1.807, 2.05) is 30.5 Å². The quantitative estimate of drug-likeness (QED) is 0.435. The maximum Gasteiger partial charge on any atom is 0.234 e. The largest absolute Gasteiger partial charge is 0.508 e. The summed E-state index contributed by atoms with van der Waals surface area (Å²) in [6.07, 6.45) is 1.84. The Morgan fingerprint density at radius 1 is 1.19 bits per heavy atom. The lowest BCUT2D eigenvalue weighted by atomic mass is 10.2. The monoisotopic (exact) mass is 431 g/mol. The first-order chi connectivity index (χ1) is 12.6. The highest BCUT2D eigenvalue weighted by atomic mass is 79.9. The van der Waals surface area contributed by atoms with Crippen LogP contribution in [0.5, 0.6) is 5.75 Å². The SMILES string of the molecule is CCn1c(-c2ccc(Br)cc2)cnc1SCC(=O)Nc1ccc(O)cc1. The number of hydrogen-bond acceptors (Lipinski definition) is 4. The van der Waals surface area contributed by atoms with Crippen molar-refractivity contribution in [3.63, 3.8) is 0 Å². The van der Waals surface area contributed by atoms with Crippen LogP contribution in [0.4, 0.5) is 5.69 Å². The molecule has 1 aromatic heterocycles. The average molecular weight is 432 g/mol. The molecule has 3 rings (SSSR count). The highest BCUT2D eigenvalue weighted by Crippen LogP contribution is 2.27. The van der Waals surface area contributed by atoms with Crippen molar-refractivity contribution >= 4 is 39.3 Å². The predicted octanol–water partition coefficient (Wildman–Crippen LogP) is 4.77. The number of benzene rings is 2. The van der Waals surface area contributed by atoms with Gasteiger partial charge < -0.3 is 15.0 Å². The molecule has 2 aromatic carbocycles. The van der Waals surface area contributed by atoms with Crippen LogP contribution < -0.4 is 5.32 Å². The second-order valence-corrected chi connectivity index (χ2v) is 7.42. The number of anilines is 1. The molecule has 1 heterocycles. The molecule has 26 heavy (non-hydrogen) atoms. The number of halogens is 1. The molecule has 1 amide bonds. The smallest absolute Gasteiger partial charge is 0.234 e. The molecular weight excluding hydrogens is 414 g/mol. The lowest BCUT2D eigenvalue weighted by Gasteiger charge is -2.10. The van der Waals surface area contributed by atoms with E-state index in [1.165, 1.54) is 23.9 Å². The molecule has 0 aliphatic heterocycles. The minimum Gasteiger partial charge on any atom is -0.508 e. The van der Waals surface area contributed by atoms with Gasteiger partial charge in [-0.1, -0.05) is 39.8 Å². The fourth-order valence-electron chi connectivity index (χ4n) is 2.50. The van der Waals surface area contributed by atoms with Gasteiger partial charge in [0.2, 0.25) is 5.91 Å². The third-order valence-corrected chi connectivity index (χ3v) is 5.28. The van der Waals surface area contributed by atoms with Crippen molar-refractivity contribution in [2.45, 2.75) is 18.6 Å². The molecule has 0 saturated heterocycles. The van der Waals surface area contributed by atoms with E-state index >= 15 is 0 Å². The maximum absolute atomic E-state index is 12.1. The number of carbonyl (C=O) groups excluding carboxylic acids is 1. The summed E-state index contributed by atoms with van der Waals surface area (Å²) in [7, 11) is 0. The first-order valence-electron chi connectivity index (χ1n) is 8.10. The third-order valence-electron chi connectivity index (χ3n) is 3.76. The van der Waals surface area contributed by atoms with Crippen molar-refractivity contribution in [2.75, 3.05) is 11.1 Å². The Morgan fingerprint density at radius 2 is 1.88 bits per heavy atom. The number of aromatic hydroxyl groups is 1. The molecule has 0 aliphatic rings. The standard InChI is InChI=1S/C19H18BrN3O2S/c1-2-23-17(13-3-5-14(20)6-4-13)11-21-19(23)26-12-18(25)22-15-7-9-16(24)10-8-15/h3-11,24H,2,12H2,1H3,(H,22,25). The number of carbonyl (C=O) groups is 1. The molecule has 2 N–H and O–H groups in total. The first-order valence-corrected chi connectivity index (χ1v) is 9.88. The van der Waals surface area contributed by atoms with Gasteiger partial charge in [-0.2, -0.15) is 0 Å². The normalized spacial score (nSPS) is 10.7. The molecule has 134 valence electrons. The van der Waals surface area contributed by atoms with Crippen molar-refractivity contribution in [1.82, 2.24) is 9.55 Å². The van der Waals surface area contributed by atoms with Crippen LogP contribution in [0.15, 0.2) is 64.4 Å². The van der Waals surface area contributed by atoms with E-state index < -0.39 is 0 Å². The van der Waals surface area contributed by atoms with Crippen molar-refractivity contribution in [3.05, 3.63) is 59.2 Å². The van der Waals surface area contributed by atoms with Gasteiger partial charge in [-0.25, -0.2) is 4.98 Å². The number of aromatic nitrogens is 2. The van der Waals surface area contributed by atoms with E-state index in [0.717, 1.165) is 27.4 Å². The van der Waals surface area contributed by atoms with E-state index in [2.05, 4.69) is 37.7 Å². The Labute approximate surface area is 164 Å². The number of nitrogens with zero attached hydrogens (tertiary/aromatic N) is 2. The molecule has 7 heteroatoms. The zero-order valence-corrected chi connectivity index (χ0v) is 16.5. The van der Waals surface area contributed by atoms with Crippen molar-refractivity contribution < 1.29 is 9.90 Å². The first kappa shape index (κ1) is 18.5. The number of nitrogens with one attached hydrogen (secondary N) is 1. The average Bonchev–Trinajstić information content (AvgIpc) is 3.05. The predicted molar refractivity (Wildman–Crippen MR) is 108 cm³/mol. The lowest BCUT2D eigenvalue weighted by molar-refractivity contribution is -0.113. The van der Waals surface area contributed by atoms with Gasteiger partial charge in [0, 0.05) is 16.7 Å². The number of phenolic OH excluding ortho intramolecular Hbond substituents is 1. The zero-order valence-electron chi connectivity index (χ0n) is 14.1. The van der Waals surface area contributed by atoms with Crippen molar-refractivity contribution in [1.29, 1.82) is 0 Å². The maximum atomic E-state index is 12.1. The Morgan fingerprint density at radius 3 is 2.54 bits per heavy atom. The van der Waals surface area contributed by atoms with Crippen molar-refractivity contribution in [3.8, 4) is 17.0 Å². The molecule has 0 fully saturated rings. The Hall–Kier alpha value is -2.25. The van der Waals surface area contributed by atoms with Crippen LogP contribution in [0.3, 0.4) is 0 Å². The molecule has 0 unspecified atom stereocenters. The topological polar surface area (TPSA) is 67.2 Å². The number of phenols is 1. The summed E-state index contributed by atoms with van der Waals surface area (Å²) in [6.45, 7) is 2.83.